The summed E-state index contributed by atoms with van der Waals surface area (Å²) in [5, 5.41) is 0. The predicted octanol–water partition coefficient (Wildman–Crippen LogP) is -0.839. The van der Waals surface area contributed by atoms with Gasteiger partial charge in [0.1, 0.15) is 7.85 Å². The molecule has 4 atom stereocenters. The van der Waals surface area contributed by atoms with Crippen molar-refractivity contribution in [3.63, 3.8) is 0 Å². The number of rotatable bonds is 5. The smallest absolute Gasteiger partial charge is 0.379 e. The molecule has 0 radical (unpaired) electrons. The van der Waals surface area contributed by atoms with Gasteiger partial charge in [-0.3, -0.25) is 4.52 Å². The maximum Gasteiger partial charge on any atom is 0.469 e. The van der Waals surface area contributed by atoms with Crippen molar-refractivity contribution in [2.24, 2.45) is 0 Å². The molecule has 0 aromatic rings. The van der Waals surface area contributed by atoms with Gasteiger partial charge in [0, 0.05) is 13.1 Å². The molecule has 0 aliphatic carbocycles. The molecule has 1 aliphatic heterocycles. The molecule has 3 N–H and O–H groups in total. The van der Waals surface area contributed by atoms with Crippen LogP contribution in [0.5, 0.6) is 0 Å². The maximum absolute atomic E-state index is 10.5. The number of phosphoric acid groups is 1. The summed E-state index contributed by atoms with van der Waals surface area (Å²) in [6.07, 6.45) is -0.459. The second-order valence-electron chi connectivity index (χ2n) is 3.93. The van der Waals surface area contributed by atoms with E-state index in [1.807, 2.05) is 0 Å². The summed E-state index contributed by atoms with van der Waals surface area (Å²) in [7, 11) is -2.74. The van der Waals surface area contributed by atoms with E-state index < -0.39 is 20.4 Å². The summed E-state index contributed by atoms with van der Waals surface area (Å²) in [6.45, 7) is -1.55. The molecule has 0 aromatic carbocycles. The molecular formula is C6H15BO7P2S. The van der Waals surface area contributed by atoms with Gasteiger partial charge in [0.15, 0.2) is 6.49 Å². The van der Waals surface area contributed by atoms with Crippen molar-refractivity contribution in [3.8, 4) is 0 Å². The highest BCUT2D eigenvalue weighted by atomic mass is 32.5. The van der Waals surface area contributed by atoms with Crippen LogP contribution in [0.4, 0.5) is 0 Å². The summed E-state index contributed by atoms with van der Waals surface area (Å²) >= 11 is 4.77. The topological polar surface area (TPSA) is 105 Å². The van der Waals surface area contributed by atoms with E-state index in [-0.39, 0.29) is 18.7 Å². The van der Waals surface area contributed by atoms with Crippen LogP contribution in [0.25, 0.3) is 0 Å². The van der Waals surface area contributed by atoms with Gasteiger partial charge in [-0.25, -0.2) is 4.57 Å². The molecule has 0 amide bonds. The molecular weight excluding hydrogens is 289 g/mol. The summed E-state index contributed by atoms with van der Waals surface area (Å²) in [5.74, 6) is 0. The van der Waals surface area contributed by atoms with Crippen LogP contribution >= 0.6 is 14.3 Å². The van der Waals surface area contributed by atoms with E-state index in [1.165, 1.54) is 6.66 Å². The molecule has 0 saturated carbocycles. The zero-order valence-corrected chi connectivity index (χ0v) is 12.0. The fraction of sp³-hybridized carbons (Fsp3) is 1.00. The van der Waals surface area contributed by atoms with Crippen LogP contribution in [-0.2, 0) is 30.2 Å². The first-order valence-corrected chi connectivity index (χ1v) is 9.56. The van der Waals surface area contributed by atoms with Gasteiger partial charge in [-0.2, -0.15) is 0 Å². The van der Waals surface area contributed by atoms with Crippen molar-refractivity contribution >= 4 is 34.0 Å². The third-order valence-electron chi connectivity index (χ3n) is 2.19. The predicted molar refractivity (Wildman–Crippen MR) is 67.1 cm³/mol. The van der Waals surface area contributed by atoms with Crippen molar-refractivity contribution in [1.29, 1.82) is 0 Å². The van der Waals surface area contributed by atoms with Gasteiger partial charge in [0.2, 0.25) is 0 Å². The number of ether oxygens (including phenoxy) is 1. The van der Waals surface area contributed by atoms with E-state index in [1.54, 1.807) is 7.85 Å². The van der Waals surface area contributed by atoms with Crippen LogP contribution in [0.3, 0.4) is 0 Å². The Kier molecular flexibility index (Phi) is 5.36. The molecule has 1 fully saturated rings. The molecule has 1 heterocycles. The molecule has 100 valence electrons. The molecule has 1 aliphatic rings. The largest absolute Gasteiger partial charge is 0.469 e. The normalized spacial score (nSPS) is 33.5. The number of hydrogen-bond acceptors (Lipinski definition) is 5. The monoisotopic (exact) mass is 304 g/mol. The lowest BCUT2D eigenvalue weighted by molar-refractivity contribution is 0.0319. The number of hydrogen-bond donors (Lipinski definition) is 3. The Balaban J connectivity index is 2.44. The van der Waals surface area contributed by atoms with Gasteiger partial charge >= 0.3 is 7.82 Å². The second kappa shape index (κ2) is 5.78. The lowest BCUT2D eigenvalue weighted by Crippen LogP contribution is -2.23. The average Bonchev–Trinajstić information content (AvgIpc) is 2.40. The van der Waals surface area contributed by atoms with Crippen molar-refractivity contribution < 1.29 is 33.0 Å². The first-order valence-electron chi connectivity index (χ1n) is 4.91. The minimum absolute atomic E-state index is 0.216. The van der Waals surface area contributed by atoms with Gasteiger partial charge in [-0.15, -0.1) is 0 Å². The first kappa shape index (κ1) is 15.8. The first-order chi connectivity index (χ1) is 7.57. The van der Waals surface area contributed by atoms with Crippen LogP contribution < -0.4 is 0 Å². The molecule has 1 saturated heterocycles. The minimum atomic E-state index is -4.48. The SMILES string of the molecule is B[C@@H]1O[C@H](COP(=O)(O)O)C[C@H]1OP(C)(O)=S. The Hall–Kier alpha value is 0.705. The van der Waals surface area contributed by atoms with Crippen molar-refractivity contribution in [2.75, 3.05) is 13.3 Å². The second-order valence-corrected chi connectivity index (χ2v) is 9.02. The van der Waals surface area contributed by atoms with E-state index in [4.69, 9.17) is 30.9 Å². The third-order valence-corrected chi connectivity index (χ3v) is 3.59. The summed E-state index contributed by atoms with van der Waals surface area (Å²) in [5.41, 5.74) is 0. The third kappa shape index (κ3) is 6.43. The standard InChI is InChI=1S/C6H15BO7P2S/c1-15(8,17)14-5-2-4(13-6(5)7)3-12-16(9,10)11/h4-6H,2-3,7H2,1H3,(H,8,17)(H2,9,10,11)/t4-,5+,6+,15?/m0/s1. The van der Waals surface area contributed by atoms with Crippen LogP contribution in [0.15, 0.2) is 0 Å². The Morgan fingerprint density at radius 1 is 1.53 bits per heavy atom. The molecule has 17 heavy (non-hydrogen) atoms. The van der Waals surface area contributed by atoms with Crippen LogP contribution in [0.2, 0.25) is 0 Å². The van der Waals surface area contributed by atoms with E-state index >= 15 is 0 Å². The quantitative estimate of drug-likeness (QED) is 0.446. The Morgan fingerprint density at radius 3 is 2.59 bits per heavy atom. The molecule has 0 aromatic heterocycles. The van der Waals surface area contributed by atoms with Gasteiger partial charge in [-0.05, 0) is 11.8 Å². The molecule has 1 rings (SSSR count). The van der Waals surface area contributed by atoms with Crippen LogP contribution in [-0.4, -0.2) is 54.0 Å². The van der Waals surface area contributed by atoms with E-state index in [0.717, 1.165) is 0 Å². The fourth-order valence-corrected chi connectivity index (χ4v) is 3.02. The van der Waals surface area contributed by atoms with Crippen molar-refractivity contribution in [1.82, 2.24) is 0 Å². The highest BCUT2D eigenvalue weighted by Crippen LogP contribution is 2.43. The average molecular weight is 304 g/mol. The highest BCUT2D eigenvalue weighted by Gasteiger charge is 2.36. The van der Waals surface area contributed by atoms with Gasteiger partial charge < -0.3 is 23.9 Å². The maximum atomic E-state index is 10.5. The summed E-state index contributed by atoms with van der Waals surface area (Å²) < 4.78 is 25.5. The minimum Gasteiger partial charge on any atom is -0.379 e. The molecule has 7 nitrogen and oxygen atoms in total. The fourth-order valence-electron chi connectivity index (χ4n) is 1.56. The molecule has 0 spiro atoms. The molecule has 0 bridgehead atoms. The highest BCUT2D eigenvalue weighted by molar-refractivity contribution is 8.09. The van der Waals surface area contributed by atoms with Crippen LogP contribution in [0, 0.1) is 0 Å². The zero-order valence-electron chi connectivity index (χ0n) is 9.42. The van der Waals surface area contributed by atoms with Gasteiger partial charge in [-0.1, -0.05) is 0 Å². The van der Waals surface area contributed by atoms with E-state index in [9.17, 15) is 9.46 Å². The van der Waals surface area contributed by atoms with Gasteiger partial charge in [0.25, 0.3) is 0 Å². The Labute approximate surface area is 105 Å². The lowest BCUT2D eigenvalue weighted by atomic mass is 9.95. The van der Waals surface area contributed by atoms with Crippen molar-refractivity contribution in [3.05, 3.63) is 0 Å². The summed E-state index contributed by atoms with van der Waals surface area (Å²) in [4.78, 5) is 26.5. The number of phosphoric ester groups is 1. The molecule has 1 unspecified atom stereocenters. The zero-order chi connectivity index (χ0) is 13.3. The molecule has 11 heteroatoms. The van der Waals surface area contributed by atoms with Crippen molar-refractivity contribution in [2.45, 2.75) is 24.6 Å². The van der Waals surface area contributed by atoms with E-state index in [0.29, 0.717) is 6.42 Å². The summed E-state index contributed by atoms with van der Waals surface area (Å²) in [6, 6.07) is -0.296. The van der Waals surface area contributed by atoms with E-state index in [2.05, 4.69) is 4.52 Å². The lowest BCUT2D eigenvalue weighted by Gasteiger charge is -2.18. The Morgan fingerprint density at radius 2 is 2.12 bits per heavy atom. The van der Waals surface area contributed by atoms with Gasteiger partial charge in [0.05, 0.1) is 24.8 Å². The van der Waals surface area contributed by atoms with Crippen LogP contribution in [0.1, 0.15) is 6.42 Å². The Bertz CT molecular complexity index is 354.